The Balaban J connectivity index is 2.29. The van der Waals surface area contributed by atoms with Gasteiger partial charge in [-0.1, -0.05) is 12.1 Å². The summed E-state index contributed by atoms with van der Waals surface area (Å²) in [6.07, 6.45) is 1.41. The van der Waals surface area contributed by atoms with E-state index in [1.54, 1.807) is 4.90 Å². The number of nitrogens with two attached hydrogens (primary N) is 1. The van der Waals surface area contributed by atoms with Crippen molar-refractivity contribution in [3.63, 3.8) is 0 Å². The van der Waals surface area contributed by atoms with Crippen LogP contribution in [0.1, 0.15) is 23.6 Å². The molecule has 1 aromatic carbocycles. The molecule has 1 aromatic rings. The van der Waals surface area contributed by atoms with Gasteiger partial charge in [0, 0.05) is 18.8 Å². The quantitative estimate of drug-likeness (QED) is 0.809. The molecule has 0 fully saturated rings. The fourth-order valence-electron chi connectivity index (χ4n) is 2.35. The number of hydrogen-bond acceptors (Lipinski definition) is 3. The maximum Gasteiger partial charge on any atom is 0.231 e. The minimum atomic E-state index is 0.164. The molecule has 1 heterocycles. The lowest BCUT2D eigenvalue weighted by molar-refractivity contribution is -0.117. The van der Waals surface area contributed by atoms with Crippen LogP contribution in [0.25, 0.3) is 0 Å². The van der Waals surface area contributed by atoms with Crippen LogP contribution in [0.3, 0.4) is 0 Å². The van der Waals surface area contributed by atoms with E-state index in [0.717, 1.165) is 17.7 Å². The van der Waals surface area contributed by atoms with E-state index in [4.69, 9.17) is 5.73 Å². The third kappa shape index (κ3) is 2.18. The number of carbonyl (C=O) groups is 1. The average molecular weight is 233 g/mol. The van der Waals surface area contributed by atoms with Crippen LogP contribution >= 0.6 is 0 Å². The summed E-state index contributed by atoms with van der Waals surface area (Å²) in [6, 6.07) is 6.49. The number of anilines is 1. The first-order valence-corrected chi connectivity index (χ1v) is 5.94. The van der Waals surface area contributed by atoms with E-state index in [0.29, 0.717) is 13.0 Å². The first-order chi connectivity index (χ1) is 8.17. The van der Waals surface area contributed by atoms with Gasteiger partial charge in [-0.3, -0.25) is 4.79 Å². The minimum absolute atomic E-state index is 0.164. The Morgan fingerprint density at radius 2 is 2.29 bits per heavy atom. The van der Waals surface area contributed by atoms with Crippen LogP contribution in [-0.2, 0) is 11.2 Å². The molecule has 4 nitrogen and oxygen atoms in total. The molecule has 17 heavy (non-hydrogen) atoms. The van der Waals surface area contributed by atoms with E-state index in [-0.39, 0.29) is 11.9 Å². The number of nitrogens with zero attached hydrogens (tertiary/aromatic N) is 1. The SMILES string of the molecule is CNC(CCN)c1ccc2c(c1)CC(=O)N2C. The van der Waals surface area contributed by atoms with E-state index < -0.39 is 0 Å². The number of fused-ring (bicyclic) bond motifs is 1. The number of carbonyl (C=O) groups excluding carboxylic acids is 1. The van der Waals surface area contributed by atoms with Crippen LogP contribution in [0.5, 0.6) is 0 Å². The van der Waals surface area contributed by atoms with Crippen molar-refractivity contribution in [2.24, 2.45) is 5.73 Å². The summed E-state index contributed by atoms with van der Waals surface area (Å²) in [5.74, 6) is 0.164. The van der Waals surface area contributed by atoms with Crippen LogP contribution in [0.15, 0.2) is 18.2 Å². The topological polar surface area (TPSA) is 58.4 Å². The second kappa shape index (κ2) is 4.85. The van der Waals surface area contributed by atoms with Crippen molar-refractivity contribution in [2.75, 3.05) is 25.5 Å². The van der Waals surface area contributed by atoms with E-state index in [2.05, 4.69) is 17.4 Å². The van der Waals surface area contributed by atoms with Crippen LogP contribution in [0.2, 0.25) is 0 Å². The molecule has 3 N–H and O–H groups in total. The van der Waals surface area contributed by atoms with Crippen LogP contribution < -0.4 is 16.0 Å². The summed E-state index contributed by atoms with van der Waals surface area (Å²) in [5, 5.41) is 3.25. The van der Waals surface area contributed by atoms with Crippen molar-refractivity contribution >= 4 is 11.6 Å². The van der Waals surface area contributed by atoms with Crippen molar-refractivity contribution in [3.05, 3.63) is 29.3 Å². The summed E-state index contributed by atoms with van der Waals surface area (Å²) in [4.78, 5) is 13.3. The van der Waals surface area contributed by atoms with E-state index in [1.807, 2.05) is 20.2 Å². The maximum atomic E-state index is 11.6. The highest BCUT2D eigenvalue weighted by atomic mass is 16.2. The zero-order chi connectivity index (χ0) is 12.4. The van der Waals surface area contributed by atoms with Crippen LogP contribution in [-0.4, -0.2) is 26.5 Å². The van der Waals surface area contributed by atoms with Gasteiger partial charge in [0.25, 0.3) is 0 Å². The smallest absolute Gasteiger partial charge is 0.231 e. The molecule has 1 amide bonds. The summed E-state index contributed by atoms with van der Waals surface area (Å²) >= 11 is 0. The summed E-state index contributed by atoms with van der Waals surface area (Å²) < 4.78 is 0. The fourth-order valence-corrected chi connectivity index (χ4v) is 2.35. The normalized spacial score (nSPS) is 16.2. The lowest BCUT2D eigenvalue weighted by Crippen LogP contribution is -2.20. The van der Waals surface area contributed by atoms with Crippen molar-refractivity contribution in [1.82, 2.24) is 5.32 Å². The van der Waals surface area contributed by atoms with Gasteiger partial charge < -0.3 is 16.0 Å². The van der Waals surface area contributed by atoms with Gasteiger partial charge in [-0.25, -0.2) is 0 Å². The van der Waals surface area contributed by atoms with Crippen molar-refractivity contribution in [3.8, 4) is 0 Å². The van der Waals surface area contributed by atoms with Gasteiger partial charge in [0.15, 0.2) is 0 Å². The molecule has 0 spiro atoms. The number of amides is 1. The molecule has 1 atom stereocenters. The predicted octanol–water partition coefficient (Wildman–Crippen LogP) is 0.815. The number of benzene rings is 1. The maximum absolute atomic E-state index is 11.6. The Bertz CT molecular complexity index is 431. The first kappa shape index (κ1) is 12.1. The van der Waals surface area contributed by atoms with Crippen LogP contribution in [0, 0.1) is 0 Å². The van der Waals surface area contributed by atoms with Gasteiger partial charge in [0.1, 0.15) is 0 Å². The van der Waals surface area contributed by atoms with Crippen molar-refractivity contribution < 1.29 is 4.79 Å². The first-order valence-electron chi connectivity index (χ1n) is 5.94. The van der Waals surface area contributed by atoms with E-state index >= 15 is 0 Å². The molecule has 1 unspecified atom stereocenters. The Labute approximate surface area is 102 Å². The summed E-state index contributed by atoms with van der Waals surface area (Å²) in [6.45, 7) is 0.654. The monoisotopic (exact) mass is 233 g/mol. The second-order valence-corrected chi connectivity index (χ2v) is 4.44. The van der Waals surface area contributed by atoms with E-state index in [1.165, 1.54) is 5.56 Å². The predicted molar refractivity (Wildman–Crippen MR) is 69.0 cm³/mol. The lowest BCUT2D eigenvalue weighted by Gasteiger charge is -2.17. The third-order valence-electron chi connectivity index (χ3n) is 3.39. The van der Waals surface area contributed by atoms with E-state index in [9.17, 15) is 4.79 Å². The molecule has 0 saturated heterocycles. The summed E-state index contributed by atoms with van der Waals surface area (Å²) in [7, 11) is 3.76. The molecule has 1 aliphatic heterocycles. The second-order valence-electron chi connectivity index (χ2n) is 4.44. The Kier molecular flexibility index (Phi) is 3.45. The van der Waals surface area contributed by atoms with Crippen molar-refractivity contribution in [2.45, 2.75) is 18.9 Å². The molecule has 4 heteroatoms. The molecule has 0 radical (unpaired) electrons. The van der Waals surface area contributed by atoms with Crippen molar-refractivity contribution in [1.29, 1.82) is 0 Å². The van der Waals surface area contributed by atoms with Gasteiger partial charge in [0.2, 0.25) is 5.91 Å². The zero-order valence-corrected chi connectivity index (χ0v) is 10.4. The fraction of sp³-hybridized carbons (Fsp3) is 0.462. The highest BCUT2D eigenvalue weighted by Crippen LogP contribution is 2.30. The highest BCUT2D eigenvalue weighted by molar-refractivity contribution is 6.00. The largest absolute Gasteiger partial charge is 0.330 e. The Morgan fingerprint density at radius 1 is 1.53 bits per heavy atom. The van der Waals surface area contributed by atoms with Gasteiger partial charge >= 0.3 is 0 Å². The molecule has 92 valence electrons. The molecule has 0 saturated carbocycles. The molecule has 1 aliphatic rings. The molecule has 0 aliphatic carbocycles. The zero-order valence-electron chi connectivity index (χ0n) is 10.4. The van der Waals surface area contributed by atoms with Gasteiger partial charge in [-0.2, -0.15) is 0 Å². The number of hydrogen-bond donors (Lipinski definition) is 2. The molecular weight excluding hydrogens is 214 g/mol. The van der Waals surface area contributed by atoms with Crippen LogP contribution in [0.4, 0.5) is 5.69 Å². The third-order valence-corrected chi connectivity index (χ3v) is 3.39. The van der Waals surface area contributed by atoms with Gasteiger partial charge in [0.05, 0.1) is 6.42 Å². The minimum Gasteiger partial charge on any atom is -0.330 e. The molecule has 0 bridgehead atoms. The van der Waals surface area contributed by atoms with Gasteiger partial charge in [-0.05, 0) is 37.2 Å². The van der Waals surface area contributed by atoms with Gasteiger partial charge in [-0.15, -0.1) is 0 Å². The highest BCUT2D eigenvalue weighted by Gasteiger charge is 2.24. The molecular formula is C13H19N3O. The Morgan fingerprint density at radius 3 is 2.94 bits per heavy atom. The number of likely N-dealkylation sites (N-methyl/N-ethyl adjacent to an activating group) is 1. The standard InChI is InChI=1S/C13H19N3O/c1-15-11(5-6-14)9-3-4-12-10(7-9)8-13(17)16(12)2/h3-4,7,11,15H,5-6,8,14H2,1-2H3. The molecule has 0 aromatic heterocycles. The summed E-state index contributed by atoms with van der Waals surface area (Å²) in [5.41, 5.74) is 8.95. The Hall–Kier alpha value is -1.39. The molecule has 2 rings (SSSR count). The average Bonchev–Trinajstić information content (AvgIpc) is 2.61. The number of rotatable bonds is 4. The lowest BCUT2D eigenvalue weighted by atomic mass is 10.00. The number of nitrogens with one attached hydrogen (secondary N) is 1.